The Balaban J connectivity index is 1.51. The third-order valence-corrected chi connectivity index (χ3v) is 7.25. The minimum atomic E-state index is 0.749. The molecule has 2 aromatic heterocycles. The minimum absolute atomic E-state index is 0.749. The predicted molar refractivity (Wildman–Crippen MR) is 125 cm³/mol. The van der Waals surface area contributed by atoms with Gasteiger partial charge in [-0.2, -0.15) is 0 Å². The summed E-state index contributed by atoms with van der Waals surface area (Å²) in [6.45, 7) is 7.90. The largest absolute Gasteiger partial charge is 0.347 e. The van der Waals surface area contributed by atoms with Crippen molar-refractivity contribution in [1.82, 2.24) is 9.97 Å². The molecule has 2 aromatic carbocycles. The second-order valence-corrected chi connectivity index (χ2v) is 9.27. The lowest BCUT2D eigenvalue weighted by atomic mass is 10.3. The van der Waals surface area contributed by atoms with Crippen LogP contribution in [0.15, 0.2) is 36.4 Å². The van der Waals surface area contributed by atoms with E-state index in [2.05, 4.69) is 23.6 Å². The first-order chi connectivity index (χ1) is 13.6. The smallest absolute Gasteiger partial charge is 0.186 e. The molecule has 2 heterocycles. The molecule has 0 N–H and O–H groups in total. The van der Waals surface area contributed by atoms with Crippen LogP contribution in [0.1, 0.15) is 13.8 Å². The van der Waals surface area contributed by atoms with E-state index in [4.69, 9.17) is 33.2 Å². The van der Waals surface area contributed by atoms with Crippen molar-refractivity contribution in [1.29, 1.82) is 0 Å². The molecule has 0 spiro atoms. The van der Waals surface area contributed by atoms with Gasteiger partial charge < -0.3 is 9.80 Å². The number of hydrogen-bond acceptors (Lipinski definition) is 6. The minimum Gasteiger partial charge on any atom is -0.347 e. The van der Waals surface area contributed by atoms with Gasteiger partial charge in [0.05, 0.1) is 20.4 Å². The molecule has 0 aliphatic rings. The molecule has 8 heteroatoms. The summed E-state index contributed by atoms with van der Waals surface area (Å²) in [7, 11) is 0. The van der Waals surface area contributed by atoms with Gasteiger partial charge >= 0.3 is 0 Å². The first kappa shape index (κ1) is 19.7. The Morgan fingerprint density at radius 1 is 0.750 bits per heavy atom. The molecule has 146 valence electrons. The molecule has 0 aliphatic carbocycles. The summed E-state index contributed by atoms with van der Waals surface area (Å²) < 4.78 is 2.24. The van der Waals surface area contributed by atoms with E-state index < -0.39 is 0 Å². The average molecular weight is 451 g/mol. The van der Waals surface area contributed by atoms with Gasteiger partial charge in [-0.15, -0.1) is 0 Å². The summed E-state index contributed by atoms with van der Waals surface area (Å²) in [5, 5.41) is 3.57. The maximum absolute atomic E-state index is 6.12. The van der Waals surface area contributed by atoms with Crippen LogP contribution in [-0.4, -0.2) is 36.1 Å². The third-order valence-electron chi connectivity index (χ3n) is 4.62. The van der Waals surface area contributed by atoms with Crippen molar-refractivity contribution in [3.05, 3.63) is 46.4 Å². The van der Waals surface area contributed by atoms with E-state index in [-0.39, 0.29) is 0 Å². The van der Waals surface area contributed by atoms with Gasteiger partial charge in [0.2, 0.25) is 0 Å². The second-order valence-electron chi connectivity index (χ2n) is 6.38. The molecule has 28 heavy (non-hydrogen) atoms. The van der Waals surface area contributed by atoms with Crippen LogP contribution >= 0.6 is 45.9 Å². The van der Waals surface area contributed by atoms with Gasteiger partial charge in [0.25, 0.3) is 0 Å². The molecular formula is C20H20Cl2N4S2. The number of fused-ring (bicyclic) bond motifs is 2. The van der Waals surface area contributed by atoms with Crippen LogP contribution < -0.4 is 9.80 Å². The Hall–Kier alpha value is -1.60. The highest BCUT2D eigenvalue weighted by molar-refractivity contribution is 7.22. The Labute approximate surface area is 182 Å². The van der Waals surface area contributed by atoms with Crippen LogP contribution in [0.25, 0.3) is 20.4 Å². The molecule has 4 nitrogen and oxygen atoms in total. The summed E-state index contributed by atoms with van der Waals surface area (Å²) in [6, 6.07) is 11.7. The van der Waals surface area contributed by atoms with Crippen molar-refractivity contribution < 1.29 is 0 Å². The Bertz CT molecular complexity index is 1020. The van der Waals surface area contributed by atoms with E-state index in [1.165, 1.54) is 0 Å². The highest BCUT2D eigenvalue weighted by Crippen LogP contribution is 2.32. The van der Waals surface area contributed by atoms with Crippen LogP contribution in [0.2, 0.25) is 10.0 Å². The van der Waals surface area contributed by atoms with Gasteiger partial charge in [0.15, 0.2) is 10.3 Å². The number of hydrogen-bond donors (Lipinski definition) is 0. The Morgan fingerprint density at radius 2 is 1.18 bits per heavy atom. The first-order valence-electron chi connectivity index (χ1n) is 9.19. The lowest BCUT2D eigenvalue weighted by Gasteiger charge is -2.25. The molecule has 0 bridgehead atoms. The predicted octanol–water partition coefficient (Wildman–Crippen LogP) is 6.57. The Kier molecular flexibility index (Phi) is 5.92. The SMILES string of the molecule is CCN(CCN(CC)c1nc2ccc(Cl)cc2s1)c1nc2ccc(Cl)cc2s1. The number of rotatable bonds is 7. The highest BCUT2D eigenvalue weighted by atomic mass is 35.5. The van der Waals surface area contributed by atoms with Gasteiger partial charge in [0.1, 0.15) is 0 Å². The number of likely N-dealkylation sites (N-methyl/N-ethyl adjacent to an activating group) is 2. The Morgan fingerprint density at radius 3 is 1.57 bits per heavy atom. The maximum atomic E-state index is 6.12. The van der Waals surface area contributed by atoms with E-state index in [9.17, 15) is 0 Å². The number of halogens is 2. The van der Waals surface area contributed by atoms with Gasteiger partial charge in [-0.25, -0.2) is 9.97 Å². The van der Waals surface area contributed by atoms with E-state index in [0.717, 1.165) is 66.9 Å². The molecule has 0 fully saturated rings. The number of anilines is 2. The van der Waals surface area contributed by atoms with Crippen LogP contribution in [0.4, 0.5) is 10.3 Å². The number of thiazole rings is 2. The molecule has 4 aromatic rings. The first-order valence-corrected chi connectivity index (χ1v) is 11.6. The second kappa shape index (κ2) is 8.41. The summed E-state index contributed by atoms with van der Waals surface area (Å²) in [4.78, 5) is 14.2. The van der Waals surface area contributed by atoms with Crippen molar-refractivity contribution >= 4 is 76.6 Å². The highest BCUT2D eigenvalue weighted by Gasteiger charge is 2.15. The van der Waals surface area contributed by atoms with Crippen LogP contribution in [0.3, 0.4) is 0 Å². The van der Waals surface area contributed by atoms with Crippen molar-refractivity contribution in [3.8, 4) is 0 Å². The number of aromatic nitrogens is 2. The van der Waals surface area contributed by atoms with Crippen LogP contribution in [0, 0.1) is 0 Å². The fourth-order valence-corrected chi connectivity index (χ4v) is 5.72. The molecule has 0 aliphatic heterocycles. The topological polar surface area (TPSA) is 32.3 Å². The molecule has 0 saturated heterocycles. The molecule has 0 radical (unpaired) electrons. The molecular weight excluding hydrogens is 431 g/mol. The van der Waals surface area contributed by atoms with Gasteiger partial charge in [-0.05, 0) is 50.2 Å². The molecule has 0 saturated carbocycles. The third kappa shape index (κ3) is 4.06. The summed E-state index contributed by atoms with van der Waals surface area (Å²) in [6.07, 6.45) is 0. The van der Waals surface area contributed by atoms with Crippen LogP contribution in [-0.2, 0) is 0 Å². The molecule has 4 rings (SSSR count). The molecule has 0 unspecified atom stereocenters. The fourth-order valence-electron chi connectivity index (χ4n) is 3.06. The average Bonchev–Trinajstić information content (AvgIpc) is 3.28. The van der Waals surface area contributed by atoms with Gasteiger partial charge in [-0.1, -0.05) is 45.9 Å². The zero-order valence-electron chi connectivity index (χ0n) is 15.7. The summed E-state index contributed by atoms with van der Waals surface area (Å²) in [5.74, 6) is 0. The monoisotopic (exact) mass is 450 g/mol. The lowest BCUT2D eigenvalue weighted by Crippen LogP contribution is -2.35. The normalized spacial score (nSPS) is 11.4. The quantitative estimate of drug-likeness (QED) is 0.318. The standard InChI is InChI=1S/C20H20Cl2N4S2/c1-3-25(19-23-15-7-5-13(21)11-17(15)27-19)9-10-26(4-2)20-24-16-8-6-14(22)12-18(16)28-20/h5-8,11-12H,3-4,9-10H2,1-2H3. The van der Waals surface area contributed by atoms with Crippen molar-refractivity contribution in [3.63, 3.8) is 0 Å². The van der Waals surface area contributed by atoms with E-state index in [0.29, 0.717) is 0 Å². The molecule has 0 amide bonds. The summed E-state index contributed by atoms with van der Waals surface area (Å²) >= 11 is 15.6. The van der Waals surface area contributed by atoms with E-state index in [1.54, 1.807) is 22.7 Å². The fraction of sp³-hybridized carbons (Fsp3) is 0.300. The zero-order chi connectivity index (χ0) is 19.7. The zero-order valence-corrected chi connectivity index (χ0v) is 18.8. The lowest BCUT2D eigenvalue weighted by molar-refractivity contribution is 0.751. The maximum Gasteiger partial charge on any atom is 0.186 e. The van der Waals surface area contributed by atoms with Crippen LogP contribution in [0.5, 0.6) is 0 Å². The van der Waals surface area contributed by atoms with Gasteiger partial charge in [-0.3, -0.25) is 0 Å². The van der Waals surface area contributed by atoms with Gasteiger partial charge in [0, 0.05) is 36.2 Å². The summed E-state index contributed by atoms with van der Waals surface area (Å²) in [5.41, 5.74) is 2.00. The van der Waals surface area contributed by atoms with E-state index >= 15 is 0 Å². The number of nitrogens with zero attached hydrogens (tertiary/aromatic N) is 4. The van der Waals surface area contributed by atoms with E-state index in [1.807, 2.05) is 36.4 Å². The molecule has 0 atom stereocenters. The van der Waals surface area contributed by atoms with Crippen molar-refractivity contribution in [2.24, 2.45) is 0 Å². The van der Waals surface area contributed by atoms with Crippen molar-refractivity contribution in [2.75, 3.05) is 36.0 Å². The number of benzene rings is 2. The van der Waals surface area contributed by atoms with Crippen molar-refractivity contribution in [2.45, 2.75) is 13.8 Å².